The van der Waals surface area contributed by atoms with Gasteiger partial charge in [-0.2, -0.15) is 0 Å². The SMILES string of the molecule is CCC(NC(C)C1CCOCC1)c1ccco1. The molecule has 1 aliphatic heterocycles. The summed E-state index contributed by atoms with van der Waals surface area (Å²) in [5.41, 5.74) is 0. The Kier molecular flexibility index (Phi) is 4.63. The summed E-state index contributed by atoms with van der Waals surface area (Å²) in [5.74, 6) is 1.78. The minimum atomic E-state index is 0.336. The largest absolute Gasteiger partial charge is 0.468 e. The molecule has 2 rings (SSSR count). The fourth-order valence-electron chi connectivity index (χ4n) is 2.56. The fraction of sp³-hybridized carbons (Fsp3) is 0.714. The summed E-state index contributed by atoms with van der Waals surface area (Å²) in [7, 11) is 0. The number of hydrogen-bond acceptors (Lipinski definition) is 3. The third-order valence-corrected chi connectivity index (χ3v) is 3.73. The summed E-state index contributed by atoms with van der Waals surface area (Å²) in [4.78, 5) is 0. The monoisotopic (exact) mass is 237 g/mol. The van der Waals surface area contributed by atoms with Crippen LogP contribution >= 0.6 is 0 Å². The van der Waals surface area contributed by atoms with Gasteiger partial charge in [-0.15, -0.1) is 0 Å². The van der Waals surface area contributed by atoms with Crippen molar-refractivity contribution in [2.45, 2.75) is 45.2 Å². The van der Waals surface area contributed by atoms with Gasteiger partial charge < -0.3 is 14.5 Å². The third kappa shape index (κ3) is 3.33. The number of furan rings is 1. The molecule has 1 N–H and O–H groups in total. The average Bonchev–Trinajstić information content (AvgIpc) is 2.90. The molecule has 1 saturated heterocycles. The number of hydrogen-bond donors (Lipinski definition) is 1. The van der Waals surface area contributed by atoms with Crippen molar-refractivity contribution in [1.82, 2.24) is 5.32 Å². The van der Waals surface area contributed by atoms with E-state index in [0.29, 0.717) is 12.1 Å². The van der Waals surface area contributed by atoms with Crippen molar-refractivity contribution in [2.75, 3.05) is 13.2 Å². The second-order valence-electron chi connectivity index (χ2n) is 4.88. The molecular weight excluding hydrogens is 214 g/mol. The summed E-state index contributed by atoms with van der Waals surface area (Å²) in [5, 5.41) is 3.69. The predicted octanol–water partition coefficient (Wildman–Crippen LogP) is 3.14. The van der Waals surface area contributed by atoms with Gasteiger partial charge in [-0.3, -0.25) is 0 Å². The van der Waals surface area contributed by atoms with Crippen LogP contribution in [0.25, 0.3) is 0 Å². The summed E-state index contributed by atoms with van der Waals surface area (Å²) in [6, 6.07) is 4.87. The van der Waals surface area contributed by atoms with Crippen molar-refractivity contribution in [3.8, 4) is 0 Å². The van der Waals surface area contributed by atoms with Crippen LogP contribution in [0.1, 0.15) is 44.9 Å². The van der Waals surface area contributed by atoms with Gasteiger partial charge in [0.2, 0.25) is 0 Å². The molecule has 3 nitrogen and oxygen atoms in total. The van der Waals surface area contributed by atoms with Gasteiger partial charge in [0.05, 0.1) is 12.3 Å². The van der Waals surface area contributed by atoms with Gasteiger partial charge in [-0.1, -0.05) is 6.92 Å². The lowest BCUT2D eigenvalue weighted by Gasteiger charge is -2.31. The molecule has 1 fully saturated rings. The van der Waals surface area contributed by atoms with Crippen molar-refractivity contribution < 1.29 is 9.15 Å². The molecule has 0 aromatic carbocycles. The molecule has 2 unspecified atom stereocenters. The molecule has 1 aliphatic rings. The van der Waals surface area contributed by atoms with E-state index in [-0.39, 0.29) is 0 Å². The number of rotatable bonds is 5. The molecule has 2 atom stereocenters. The minimum absolute atomic E-state index is 0.336. The van der Waals surface area contributed by atoms with E-state index in [0.717, 1.165) is 31.3 Å². The highest BCUT2D eigenvalue weighted by Crippen LogP contribution is 2.23. The van der Waals surface area contributed by atoms with Crippen LogP contribution in [-0.2, 0) is 4.74 Å². The van der Waals surface area contributed by atoms with Crippen LogP contribution in [0.3, 0.4) is 0 Å². The Morgan fingerprint density at radius 3 is 2.76 bits per heavy atom. The highest BCUT2D eigenvalue weighted by Gasteiger charge is 2.23. The fourth-order valence-corrected chi connectivity index (χ4v) is 2.56. The highest BCUT2D eigenvalue weighted by molar-refractivity contribution is 5.04. The molecule has 0 saturated carbocycles. The van der Waals surface area contributed by atoms with E-state index in [1.165, 1.54) is 12.8 Å². The average molecular weight is 237 g/mol. The van der Waals surface area contributed by atoms with Crippen molar-refractivity contribution in [3.05, 3.63) is 24.2 Å². The summed E-state index contributed by atoms with van der Waals surface area (Å²) < 4.78 is 10.9. The Bertz CT molecular complexity index is 304. The van der Waals surface area contributed by atoms with Gasteiger partial charge in [-0.25, -0.2) is 0 Å². The van der Waals surface area contributed by atoms with E-state index in [1.807, 2.05) is 6.07 Å². The van der Waals surface area contributed by atoms with Gasteiger partial charge in [-0.05, 0) is 44.2 Å². The van der Waals surface area contributed by atoms with Crippen molar-refractivity contribution in [1.29, 1.82) is 0 Å². The normalized spacial score (nSPS) is 21.3. The molecule has 96 valence electrons. The zero-order chi connectivity index (χ0) is 12.1. The lowest BCUT2D eigenvalue weighted by molar-refractivity contribution is 0.0539. The molecule has 1 aromatic heterocycles. The van der Waals surface area contributed by atoms with Crippen molar-refractivity contribution in [3.63, 3.8) is 0 Å². The molecule has 0 aliphatic carbocycles. The van der Waals surface area contributed by atoms with Crippen LogP contribution in [0.4, 0.5) is 0 Å². The molecule has 0 bridgehead atoms. The van der Waals surface area contributed by atoms with Gasteiger partial charge >= 0.3 is 0 Å². The Morgan fingerprint density at radius 2 is 2.18 bits per heavy atom. The van der Waals surface area contributed by atoms with Crippen LogP contribution in [0.2, 0.25) is 0 Å². The van der Waals surface area contributed by atoms with E-state index in [9.17, 15) is 0 Å². The molecular formula is C14H23NO2. The first-order valence-electron chi connectivity index (χ1n) is 6.68. The topological polar surface area (TPSA) is 34.4 Å². The van der Waals surface area contributed by atoms with E-state index in [4.69, 9.17) is 9.15 Å². The third-order valence-electron chi connectivity index (χ3n) is 3.73. The second-order valence-corrected chi connectivity index (χ2v) is 4.88. The standard InChI is InChI=1S/C14H23NO2/c1-3-13(14-5-4-8-17-14)15-11(2)12-6-9-16-10-7-12/h4-5,8,11-13,15H,3,6-7,9-10H2,1-2H3. The Hall–Kier alpha value is -0.800. The van der Waals surface area contributed by atoms with Crippen LogP contribution in [0, 0.1) is 5.92 Å². The van der Waals surface area contributed by atoms with E-state index in [1.54, 1.807) is 6.26 Å². The molecule has 2 heterocycles. The lowest BCUT2D eigenvalue weighted by Crippen LogP contribution is -2.38. The first kappa shape index (κ1) is 12.7. The van der Waals surface area contributed by atoms with E-state index < -0.39 is 0 Å². The Balaban J connectivity index is 1.89. The van der Waals surface area contributed by atoms with Crippen molar-refractivity contribution in [2.24, 2.45) is 5.92 Å². The molecule has 0 radical (unpaired) electrons. The number of ether oxygens (including phenoxy) is 1. The zero-order valence-corrected chi connectivity index (χ0v) is 10.8. The van der Waals surface area contributed by atoms with Gasteiger partial charge in [0.1, 0.15) is 5.76 Å². The maximum absolute atomic E-state index is 5.49. The summed E-state index contributed by atoms with van der Waals surface area (Å²) in [6.07, 6.45) is 5.14. The molecule has 3 heteroatoms. The highest BCUT2D eigenvalue weighted by atomic mass is 16.5. The maximum atomic E-state index is 5.49. The van der Waals surface area contributed by atoms with Crippen LogP contribution in [0.15, 0.2) is 22.8 Å². The van der Waals surface area contributed by atoms with Crippen LogP contribution in [-0.4, -0.2) is 19.3 Å². The lowest BCUT2D eigenvalue weighted by atomic mass is 9.92. The second kappa shape index (κ2) is 6.22. The van der Waals surface area contributed by atoms with Crippen LogP contribution in [0.5, 0.6) is 0 Å². The molecule has 17 heavy (non-hydrogen) atoms. The first-order chi connectivity index (χ1) is 8.31. The molecule has 0 amide bonds. The first-order valence-corrected chi connectivity index (χ1v) is 6.68. The van der Waals surface area contributed by atoms with E-state index >= 15 is 0 Å². The Labute approximate surface area is 104 Å². The summed E-state index contributed by atoms with van der Waals surface area (Å²) >= 11 is 0. The molecule has 1 aromatic rings. The van der Waals surface area contributed by atoms with E-state index in [2.05, 4.69) is 25.2 Å². The maximum Gasteiger partial charge on any atom is 0.120 e. The van der Waals surface area contributed by atoms with Crippen LogP contribution < -0.4 is 5.32 Å². The van der Waals surface area contributed by atoms with Gasteiger partial charge in [0.25, 0.3) is 0 Å². The quantitative estimate of drug-likeness (QED) is 0.854. The van der Waals surface area contributed by atoms with Gasteiger partial charge in [0.15, 0.2) is 0 Å². The van der Waals surface area contributed by atoms with Crippen molar-refractivity contribution >= 4 is 0 Å². The molecule has 0 spiro atoms. The Morgan fingerprint density at radius 1 is 1.41 bits per heavy atom. The smallest absolute Gasteiger partial charge is 0.120 e. The van der Waals surface area contributed by atoms with Gasteiger partial charge in [0, 0.05) is 19.3 Å². The zero-order valence-electron chi connectivity index (χ0n) is 10.8. The predicted molar refractivity (Wildman–Crippen MR) is 67.9 cm³/mol. The number of nitrogens with one attached hydrogen (secondary N) is 1. The minimum Gasteiger partial charge on any atom is -0.468 e. The summed E-state index contributed by atoms with van der Waals surface area (Å²) in [6.45, 7) is 6.29.